The average Bonchev–Trinajstić information content (AvgIpc) is 3.40. The number of hydrogen-bond acceptors (Lipinski definition) is 5. The number of nitrogens with zero attached hydrogens (tertiary/aromatic N) is 5. The summed E-state index contributed by atoms with van der Waals surface area (Å²) >= 11 is 1.30. The molecule has 5 nitrogen and oxygen atoms in total. The fourth-order valence-electron chi connectivity index (χ4n) is 3.45. The van der Waals surface area contributed by atoms with Gasteiger partial charge >= 0.3 is 0 Å². The van der Waals surface area contributed by atoms with Crippen molar-refractivity contribution >= 4 is 40.4 Å². The molecule has 0 bridgehead atoms. The van der Waals surface area contributed by atoms with Crippen molar-refractivity contribution in [1.29, 1.82) is 5.26 Å². The maximum atomic E-state index is 9.93. The van der Waals surface area contributed by atoms with E-state index in [1.54, 1.807) is 0 Å². The lowest BCUT2D eigenvalue weighted by molar-refractivity contribution is 1.14. The second kappa shape index (κ2) is 6.97. The number of nitriles is 1. The Labute approximate surface area is 171 Å². The Morgan fingerprint density at radius 2 is 1.90 bits per heavy atom. The summed E-state index contributed by atoms with van der Waals surface area (Å²) < 4.78 is 5.96. The van der Waals surface area contributed by atoms with Gasteiger partial charge in [0.05, 0.1) is 22.4 Å². The van der Waals surface area contributed by atoms with Gasteiger partial charge < -0.3 is 0 Å². The number of hydrogen-bond donors (Lipinski definition) is 0. The highest BCUT2D eigenvalue weighted by molar-refractivity contribution is 7.03. The van der Waals surface area contributed by atoms with Gasteiger partial charge in [0.15, 0.2) is 5.65 Å². The van der Waals surface area contributed by atoms with Crippen molar-refractivity contribution < 1.29 is 0 Å². The number of rotatable bonds is 3. The number of pyridine rings is 1. The summed E-state index contributed by atoms with van der Waals surface area (Å²) in [7, 11) is 0. The second-order valence-electron chi connectivity index (χ2n) is 6.76. The largest absolute Gasteiger partial charge is 0.291 e. The van der Waals surface area contributed by atoms with Crippen molar-refractivity contribution in [3.63, 3.8) is 0 Å². The van der Waals surface area contributed by atoms with E-state index in [0.717, 1.165) is 33.5 Å². The van der Waals surface area contributed by atoms with Gasteiger partial charge in [0, 0.05) is 5.38 Å². The van der Waals surface area contributed by atoms with Crippen molar-refractivity contribution in [1.82, 2.24) is 19.0 Å². The summed E-state index contributed by atoms with van der Waals surface area (Å²) in [5.74, 6) is 0. The first-order valence-electron chi connectivity index (χ1n) is 9.11. The molecule has 0 amide bonds. The van der Waals surface area contributed by atoms with Crippen LogP contribution in [0.4, 0.5) is 0 Å². The predicted octanol–water partition coefficient (Wildman–Crippen LogP) is 5.36. The highest BCUT2D eigenvalue weighted by atomic mass is 32.1. The quantitative estimate of drug-likeness (QED) is 0.414. The molecule has 0 N–H and O–H groups in total. The number of fused-ring (bicyclic) bond motifs is 3. The third kappa shape index (κ3) is 2.98. The molecule has 29 heavy (non-hydrogen) atoms. The van der Waals surface area contributed by atoms with Crippen LogP contribution < -0.4 is 0 Å². The van der Waals surface area contributed by atoms with E-state index in [-0.39, 0.29) is 0 Å². The monoisotopic (exact) mass is 393 g/mol. The number of benzene rings is 2. The molecule has 138 valence electrons. The first kappa shape index (κ1) is 17.3. The van der Waals surface area contributed by atoms with Crippen LogP contribution in [0.2, 0.25) is 0 Å². The Bertz CT molecular complexity index is 1400. The van der Waals surface area contributed by atoms with Gasteiger partial charge in [-0.05, 0) is 53.9 Å². The minimum atomic E-state index is 0.538. The molecule has 0 atom stereocenters. The molecular weight excluding hydrogens is 378 g/mol. The summed E-state index contributed by atoms with van der Waals surface area (Å²) in [6.07, 6.45) is 3.78. The predicted molar refractivity (Wildman–Crippen MR) is 116 cm³/mol. The normalized spacial score (nSPS) is 11.4. The molecule has 0 fully saturated rings. The van der Waals surface area contributed by atoms with Gasteiger partial charge in [0.25, 0.3) is 0 Å². The molecule has 0 unspecified atom stereocenters. The van der Waals surface area contributed by atoms with E-state index in [1.165, 1.54) is 17.1 Å². The molecule has 3 aromatic heterocycles. The highest BCUT2D eigenvalue weighted by Gasteiger charge is 2.16. The molecule has 5 aromatic rings. The highest BCUT2D eigenvalue weighted by Crippen LogP contribution is 2.31. The Morgan fingerprint density at radius 3 is 2.66 bits per heavy atom. The minimum absolute atomic E-state index is 0.538. The number of aromatic nitrogens is 4. The van der Waals surface area contributed by atoms with Crippen LogP contribution >= 0.6 is 11.5 Å². The van der Waals surface area contributed by atoms with E-state index in [2.05, 4.69) is 51.2 Å². The van der Waals surface area contributed by atoms with E-state index in [4.69, 9.17) is 4.98 Å². The third-order valence-electron chi connectivity index (χ3n) is 4.88. The fraction of sp³-hybridized carbons (Fsp3) is 0.0435. The lowest BCUT2D eigenvalue weighted by Crippen LogP contribution is -1.98. The van der Waals surface area contributed by atoms with E-state index in [0.29, 0.717) is 11.2 Å². The summed E-state index contributed by atoms with van der Waals surface area (Å²) in [4.78, 5) is 4.78. The first-order chi connectivity index (χ1) is 14.2. The van der Waals surface area contributed by atoms with Crippen molar-refractivity contribution in [2.75, 3.05) is 0 Å². The molecule has 3 heterocycles. The van der Waals surface area contributed by atoms with E-state index >= 15 is 0 Å². The van der Waals surface area contributed by atoms with Crippen LogP contribution in [0.15, 0.2) is 60.0 Å². The zero-order valence-electron chi connectivity index (χ0n) is 15.6. The Balaban J connectivity index is 1.85. The molecule has 6 heteroatoms. The van der Waals surface area contributed by atoms with Crippen molar-refractivity contribution in [3.8, 4) is 17.3 Å². The zero-order chi connectivity index (χ0) is 19.8. The standard InChI is InChI=1S/C23H15N5S/c1-15-6-8-16(9-7-15)22-12-17(10-11-18-14-29-27-26-18)19(13-24)23-25-20-4-2-3-5-21(20)28(22)23/h2-12,14H,1H3/b11-10+. The summed E-state index contributed by atoms with van der Waals surface area (Å²) in [5.41, 5.74) is 7.87. The molecule has 2 aromatic carbocycles. The van der Waals surface area contributed by atoms with Gasteiger partial charge in [-0.15, -0.1) is 5.10 Å². The third-order valence-corrected chi connectivity index (χ3v) is 5.40. The van der Waals surface area contributed by atoms with Gasteiger partial charge in [-0.3, -0.25) is 4.40 Å². The fourth-order valence-corrected chi connectivity index (χ4v) is 3.88. The molecule has 0 saturated carbocycles. The van der Waals surface area contributed by atoms with Gasteiger partial charge in [0.2, 0.25) is 0 Å². The first-order valence-corrected chi connectivity index (χ1v) is 9.95. The van der Waals surface area contributed by atoms with Gasteiger partial charge in [-0.1, -0.05) is 52.5 Å². The Kier molecular flexibility index (Phi) is 4.15. The maximum Gasteiger partial charge on any atom is 0.157 e. The number of imidazole rings is 1. The van der Waals surface area contributed by atoms with Crippen LogP contribution in [0.25, 0.3) is 40.1 Å². The SMILES string of the molecule is Cc1ccc(-c2cc(/C=C/c3csnn3)c(C#N)c3nc4ccccc4n23)cc1. The molecule has 0 saturated heterocycles. The van der Waals surface area contributed by atoms with E-state index in [9.17, 15) is 5.26 Å². The Hall–Kier alpha value is -3.82. The molecule has 0 aliphatic carbocycles. The summed E-state index contributed by atoms with van der Waals surface area (Å²) in [6.45, 7) is 2.07. The lowest BCUT2D eigenvalue weighted by atomic mass is 10.0. The average molecular weight is 393 g/mol. The molecule has 0 spiro atoms. The zero-order valence-corrected chi connectivity index (χ0v) is 16.4. The van der Waals surface area contributed by atoms with Crippen LogP contribution in [-0.4, -0.2) is 19.0 Å². The van der Waals surface area contributed by atoms with E-state index < -0.39 is 0 Å². The van der Waals surface area contributed by atoms with Crippen LogP contribution in [-0.2, 0) is 0 Å². The topological polar surface area (TPSA) is 66.9 Å². The minimum Gasteiger partial charge on any atom is -0.291 e. The molecule has 0 aliphatic rings. The van der Waals surface area contributed by atoms with E-state index in [1.807, 2.05) is 47.9 Å². The molecular formula is C23H15N5S. The van der Waals surface area contributed by atoms with Crippen LogP contribution in [0.3, 0.4) is 0 Å². The van der Waals surface area contributed by atoms with Gasteiger partial charge in [0.1, 0.15) is 11.6 Å². The Morgan fingerprint density at radius 1 is 1.07 bits per heavy atom. The maximum absolute atomic E-state index is 9.93. The molecule has 0 radical (unpaired) electrons. The summed E-state index contributed by atoms with van der Waals surface area (Å²) in [5, 5.41) is 15.9. The lowest BCUT2D eigenvalue weighted by Gasteiger charge is -2.11. The van der Waals surface area contributed by atoms with Crippen molar-refractivity contribution in [3.05, 3.63) is 82.4 Å². The summed E-state index contributed by atoms with van der Waals surface area (Å²) in [6, 6.07) is 20.7. The number of para-hydroxylation sites is 2. The molecule has 5 rings (SSSR count). The molecule has 0 aliphatic heterocycles. The van der Waals surface area contributed by atoms with Crippen molar-refractivity contribution in [2.45, 2.75) is 6.92 Å². The smallest absolute Gasteiger partial charge is 0.157 e. The number of aryl methyl sites for hydroxylation is 1. The second-order valence-corrected chi connectivity index (χ2v) is 7.37. The van der Waals surface area contributed by atoms with Crippen LogP contribution in [0.5, 0.6) is 0 Å². The van der Waals surface area contributed by atoms with Gasteiger partial charge in [-0.2, -0.15) is 5.26 Å². The van der Waals surface area contributed by atoms with Crippen LogP contribution in [0, 0.1) is 18.3 Å². The van der Waals surface area contributed by atoms with Gasteiger partial charge in [-0.25, -0.2) is 4.98 Å². The van der Waals surface area contributed by atoms with Crippen LogP contribution in [0.1, 0.15) is 22.4 Å². The van der Waals surface area contributed by atoms with Crippen molar-refractivity contribution in [2.24, 2.45) is 0 Å².